The van der Waals surface area contributed by atoms with Crippen molar-refractivity contribution in [3.05, 3.63) is 0 Å². The molecule has 2 aliphatic rings. The van der Waals surface area contributed by atoms with Crippen LogP contribution < -0.4 is 10.6 Å². The van der Waals surface area contributed by atoms with Crippen LogP contribution in [0.4, 0.5) is 0 Å². The van der Waals surface area contributed by atoms with Crippen LogP contribution in [0.15, 0.2) is 0 Å². The summed E-state index contributed by atoms with van der Waals surface area (Å²) in [7, 11) is 0. The van der Waals surface area contributed by atoms with Crippen molar-refractivity contribution in [2.24, 2.45) is 10.8 Å². The molecule has 1 atom stereocenters. The van der Waals surface area contributed by atoms with Gasteiger partial charge < -0.3 is 15.4 Å². The van der Waals surface area contributed by atoms with E-state index in [9.17, 15) is 14.4 Å². The summed E-state index contributed by atoms with van der Waals surface area (Å²) in [5.74, 6) is -0.226. The Balaban J connectivity index is 0.000000235. The molecule has 0 spiro atoms. The lowest BCUT2D eigenvalue weighted by atomic mass is 9.85. The predicted octanol–water partition coefficient (Wildman–Crippen LogP) is 0.997. The molecule has 0 saturated carbocycles. The molecule has 1 unspecified atom stereocenters. The van der Waals surface area contributed by atoms with Crippen LogP contribution in [-0.2, 0) is 19.1 Å². The minimum Gasteiger partial charge on any atom is -0.464 e. The van der Waals surface area contributed by atoms with Gasteiger partial charge in [0.1, 0.15) is 6.04 Å². The van der Waals surface area contributed by atoms with Gasteiger partial charge in [0, 0.05) is 24.8 Å². The normalized spacial score (nSPS) is 25.5. The van der Waals surface area contributed by atoms with Gasteiger partial charge in [0.2, 0.25) is 11.8 Å². The lowest BCUT2D eigenvalue weighted by Gasteiger charge is -2.22. The van der Waals surface area contributed by atoms with Gasteiger partial charge in [-0.25, -0.2) is 4.79 Å². The van der Waals surface area contributed by atoms with E-state index in [2.05, 4.69) is 24.5 Å². The maximum Gasteiger partial charge on any atom is 0.329 e. The zero-order chi connectivity index (χ0) is 16.3. The lowest BCUT2D eigenvalue weighted by molar-refractivity contribution is -0.148. The number of esters is 1. The molecule has 6 nitrogen and oxygen atoms in total. The summed E-state index contributed by atoms with van der Waals surface area (Å²) >= 11 is 0. The smallest absolute Gasteiger partial charge is 0.329 e. The Morgan fingerprint density at radius 2 is 1.81 bits per heavy atom. The van der Waals surface area contributed by atoms with E-state index in [1.807, 2.05) is 13.8 Å². The maximum absolute atomic E-state index is 11.4. The third-order valence-electron chi connectivity index (χ3n) is 3.63. The molecule has 0 aromatic heterocycles. The monoisotopic (exact) mass is 298 g/mol. The van der Waals surface area contributed by atoms with E-state index in [0.717, 1.165) is 6.54 Å². The number of rotatable bonds is 2. The summed E-state index contributed by atoms with van der Waals surface area (Å²) in [6.45, 7) is 10.9. The zero-order valence-electron chi connectivity index (χ0n) is 13.5. The Kier molecular flexibility index (Phi) is 5.36. The van der Waals surface area contributed by atoms with Crippen LogP contribution in [0, 0.1) is 10.8 Å². The van der Waals surface area contributed by atoms with E-state index < -0.39 is 6.04 Å². The van der Waals surface area contributed by atoms with Crippen molar-refractivity contribution in [1.29, 1.82) is 0 Å². The molecule has 0 aliphatic carbocycles. The molecule has 0 aromatic carbocycles. The second-order valence-electron chi connectivity index (χ2n) is 7.04. The third kappa shape index (κ3) is 5.02. The van der Waals surface area contributed by atoms with E-state index in [1.165, 1.54) is 0 Å². The average molecular weight is 298 g/mol. The molecule has 2 fully saturated rings. The van der Waals surface area contributed by atoms with E-state index in [-0.39, 0.29) is 28.6 Å². The van der Waals surface area contributed by atoms with E-state index in [0.29, 0.717) is 19.4 Å². The van der Waals surface area contributed by atoms with Crippen LogP contribution >= 0.6 is 0 Å². The first kappa shape index (κ1) is 17.5. The fourth-order valence-corrected chi connectivity index (χ4v) is 2.42. The summed E-state index contributed by atoms with van der Waals surface area (Å²) < 4.78 is 4.86. The minimum atomic E-state index is -0.486. The number of ether oxygens (including phenoxy) is 1. The van der Waals surface area contributed by atoms with Crippen LogP contribution in [-0.4, -0.2) is 37.0 Å². The van der Waals surface area contributed by atoms with Crippen LogP contribution in [0.1, 0.15) is 47.5 Å². The van der Waals surface area contributed by atoms with Crippen LogP contribution in [0.25, 0.3) is 0 Å². The number of carbonyl (C=O) groups excluding carboxylic acids is 3. The number of nitrogens with one attached hydrogen (secondary N) is 2. The van der Waals surface area contributed by atoms with E-state index in [1.54, 1.807) is 6.92 Å². The second kappa shape index (κ2) is 6.45. The molecular weight excluding hydrogens is 272 g/mol. The molecule has 2 heterocycles. The summed E-state index contributed by atoms with van der Waals surface area (Å²) in [6, 6.07) is -0.486. The summed E-state index contributed by atoms with van der Waals surface area (Å²) in [5.41, 5.74) is -0.125. The highest BCUT2D eigenvalue weighted by Gasteiger charge is 2.44. The topological polar surface area (TPSA) is 84.5 Å². The van der Waals surface area contributed by atoms with Crippen molar-refractivity contribution in [3.63, 3.8) is 0 Å². The molecule has 21 heavy (non-hydrogen) atoms. The number of hydrogen-bond acceptors (Lipinski definition) is 4. The van der Waals surface area contributed by atoms with Crippen molar-refractivity contribution < 1.29 is 19.1 Å². The van der Waals surface area contributed by atoms with Gasteiger partial charge in [-0.3, -0.25) is 9.59 Å². The van der Waals surface area contributed by atoms with Crippen molar-refractivity contribution >= 4 is 17.8 Å². The van der Waals surface area contributed by atoms with Crippen molar-refractivity contribution in [2.45, 2.75) is 53.5 Å². The predicted molar refractivity (Wildman–Crippen MR) is 78.4 cm³/mol. The highest BCUT2D eigenvalue weighted by atomic mass is 16.5. The van der Waals surface area contributed by atoms with Gasteiger partial charge in [0.15, 0.2) is 0 Å². The standard InChI is InChI=1S/C9H15NO3.C6H11NO/c1-4-13-8(12)7-9(2,3)5-6(11)10-7;1-6(2)3-5(8)7-4-6/h7H,4-5H2,1-3H3,(H,10,11);3-4H2,1-2H3,(H,7,8). The van der Waals surface area contributed by atoms with E-state index >= 15 is 0 Å². The highest BCUT2D eigenvalue weighted by molar-refractivity contribution is 5.89. The molecule has 2 amide bonds. The SMILES string of the molecule is CC1(C)CNC(=O)C1.CCOC(=O)C1NC(=O)CC1(C)C. The molecule has 2 aliphatic heterocycles. The number of hydrogen-bond donors (Lipinski definition) is 2. The number of amides is 2. The van der Waals surface area contributed by atoms with Crippen molar-refractivity contribution in [2.75, 3.05) is 13.2 Å². The quantitative estimate of drug-likeness (QED) is 0.745. The minimum absolute atomic E-state index is 0.0805. The van der Waals surface area contributed by atoms with Gasteiger partial charge in [0.05, 0.1) is 6.61 Å². The van der Waals surface area contributed by atoms with Gasteiger partial charge in [-0.2, -0.15) is 0 Å². The molecule has 0 radical (unpaired) electrons. The Labute approximate surface area is 126 Å². The van der Waals surface area contributed by atoms with Gasteiger partial charge >= 0.3 is 5.97 Å². The third-order valence-corrected chi connectivity index (χ3v) is 3.63. The van der Waals surface area contributed by atoms with Crippen LogP contribution in [0.5, 0.6) is 0 Å². The Morgan fingerprint density at radius 3 is 2.10 bits per heavy atom. The first-order valence-electron chi connectivity index (χ1n) is 7.30. The summed E-state index contributed by atoms with van der Waals surface area (Å²) in [6.07, 6.45) is 1.07. The molecule has 0 bridgehead atoms. The van der Waals surface area contributed by atoms with Crippen molar-refractivity contribution in [1.82, 2.24) is 10.6 Å². The lowest BCUT2D eigenvalue weighted by Crippen LogP contribution is -2.42. The van der Waals surface area contributed by atoms with Crippen LogP contribution in [0.2, 0.25) is 0 Å². The molecule has 2 saturated heterocycles. The molecule has 120 valence electrons. The Bertz CT molecular complexity index is 429. The largest absolute Gasteiger partial charge is 0.464 e. The van der Waals surface area contributed by atoms with Gasteiger partial charge in [-0.15, -0.1) is 0 Å². The van der Waals surface area contributed by atoms with Crippen molar-refractivity contribution in [3.8, 4) is 0 Å². The van der Waals surface area contributed by atoms with Gasteiger partial charge in [-0.1, -0.05) is 27.7 Å². The fourth-order valence-electron chi connectivity index (χ4n) is 2.42. The first-order chi connectivity index (χ1) is 9.57. The second-order valence-corrected chi connectivity index (χ2v) is 7.04. The van der Waals surface area contributed by atoms with Gasteiger partial charge in [-0.05, 0) is 12.3 Å². The van der Waals surface area contributed by atoms with E-state index in [4.69, 9.17) is 4.74 Å². The first-order valence-corrected chi connectivity index (χ1v) is 7.30. The van der Waals surface area contributed by atoms with Gasteiger partial charge in [0.25, 0.3) is 0 Å². The highest BCUT2D eigenvalue weighted by Crippen LogP contribution is 2.31. The zero-order valence-corrected chi connectivity index (χ0v) is 13.5. The van der Waals surface area contributed by atoms with Crippen LogP contribution in [0.3, 0.4) is 0 Å². The molecule has 6 heteroatoms. The fraction of sp³-hybridized carbons (Fsp3) is 0.800. The average Bonchev–Trinajstić information content (AvgIpc) is 2.78. The maximum atomic E-state index is 11.4. The number of carbonyl (C=O) groups is 3. The Morgan fingerprint density at radius 1 is 1.19 bits per heavy atom. The molecule has 2 N–H and O–H groups in total. The Hall–Kier alpha value is -1.59. The summed E-state index contributed by atoms with van der Waals surface area (Å²) in [5, 5.41) is 5.39. The summed E-state index contributed by atoms with van der Waals surface area (Å²) in [4.78, 5) is 33.0. The molecule has 0 aromatic rings. The molecular formula is C15H26N2O4. The molecule has 2 rings (SSSR count).